The number of aliphatic hydroxyl groups is 1. The highest BCUT2D eigenvalue weighted by molar-refractivity contribution is 7.98. The van der Waals surface area contributed by atoms with Crippen molar-refractivity contribution >= 4 is 29.3 Å². The summed E-state index contributed by atoms with van der Waals surface area (Å²) in [6, 6.07) is 5.46. The predicted octanol–water partition coefficient (Wildman–Crippen LogP) is 3.05. The molecule has 0 unspecified atom stereocenters. The molecule has 19 heavy (non-hydrogen) atoms. The van der Waals surface area contributed by atoms with Gasteiger partial charge in [-0.25, -0.2) is 0 Å². The Morgan fingerprint density at radius 1 is 1.53 bits per heavy atom. The lowest BCUT2D eigenvalue weighted by molar-refractivity contribution is -0.0860. The van der Waals surface area contributed by atoms with Gasteiger partial charge >= 0.3 is 0 Å². The smallest absolute Gasteiger partial charge is 0.255 e. The fourth-order valence-corrected chi connectivity index (χ4v) is 3.04. The van der Waals surface area contributed by atoms with Crippen LogP contribution in [0.2, 0.25) is 5.02 Å². The first kappa shape index (κ1) is 14.7. The molecule has 1 aromatic carbocycles. The Bertz CT molecular complexity index is 486. The second-order valence-electron chi connectivity index (χ2n) is 4.98. The van der Waals surface area contributed by atoms with Crippen LogP contribution in [-0.4, -0.2) is 40.9 Å². The Hall–Kier alpha value is -0.710. The van der Waals surface area contributed by atoms with Gasteiger partial charge in [0.2, 0.25) is 0 Å². The molecule has 2 rings (SSSR count). The summed E-state index contributed by atoms with van der Waals surface area (Å²) in [5.41, 5.74) is -0.180. The Morgan fingerprint density at radius 3 is 2.79 bits per heavy atom. The summed E-state index contributed by atoms with van der Waals surface area (Å²) in [6.45, 7) is 2.83. The molecule has 1 aromatic rings. The average Bonchev–Trinajstić information content (AvgIpc) is 2.36. The highest BCUT2D eigenvalue weighted by Gasteiger charge is 2.43. The Labute approximate surface area is 122 Å². The summed E-state index contributed by atoms with van der Waals surface area (Å²) in [5.74, 6) is -0.0957. The van der Waals surface area contributed by atoms with Gasteiger partial charge in [0, 0.05) is 4.90 Å². The molecule has 1 aliphatic heterocycles. The van der Waals surface area contributed by atoms with Crippen LogP contribution in [0, 0.1) is 0 Å². The third-order valence-corrected chi connectivity index (χ3v) is 4.43. The van der Waals surface area contributed by atoms with Crippen molar-refractivity contribution in [2.45, 2.75) is 30.3 Å². The Balaban J connectivity index is 2.10. The van der Waals surface area contributed by atoms with Crippen LogP contribution in [0.1, 0.15) is 30.1 Å². The van der Waals surface area contributed by atoms with Gasteiger partial charge in [-0.05, 0) is 30.9 Å². The van der Waals surface area contributed by atoms with Crippen molar-refractivity contribution in [1.82, 2.24) is 4.90 Å². The highest BCUT2D eigenvalue weighted by Crippen LogP contribution is 2.30. The maximum Gasteiger partial charge on any atom is 0.255 e. The van der Waals surface area contributed by atoms with Crippen molar-refractivity contribution in [2.75, 3.05) is 19.3 Å². The van der Waals surface area contributed by atoms with Crippen molar-refractivity contribution in [3.8, 4) is 0 Å². The standard InChI is InChI=1S/C14H18ClNO2S/c1-3-6-14(18)8-16(9-14)13(17)11-7-10(19-2)4-5-12(11)15/h4-5,7,18H,3,6,8-9H2,1-2H3. The second-order valence-corrected chi connectivity index (χ2v) is 6.27. The average molecular weight is 300 g/mol. The number of halogens is 1. The molecule has 0 saturated carbocycles. The molecule has 0 aliphatic carbocycles. The van der Waals surface area contributed by atoms with Gasteiger partial charge in [0.25, 0.3) is 5.91 Å². The number of carbonyl (C=O) groups is 1. The minimum absolute atomic E-state index is 0.0957. The molecule has 1 heterocycles. The maximum atomic E-state index is 12.3. The SMILES string of the molecule is CCCC1(O)CN(C(=O)c2cc(SC)ccc2Cl)C1. The molecule has 0 spiro atoms. The molecule has 1 saturated heterocycles. The third-order valence-electron chi connectivity index (χ3n) is 3.38. The summed E-state index contributed by atoms with van der Waals surface area (Å²) in [6.07, 6.45) is 3.61. The fraction of sp³-hybridized carbons (Fsp3) is 0.500. The maximum absolute atomic E-state index is 12.3. The number of benzene rings is 1. The van der Waals surface area contributed by atoms with Gasteiger partial charge in [-0.1, -0.05) is 24.9 Å². The topological polar surface area (TPSA) is 40.5 Å². The number of hydrogen-bond donors (Lipinski definition) is 1. The number of amides is 1. The summed E-state index contributed by atoms with van der Waals surface area (Å²) < 4.78 is 0. The molecular formula is C14H18ClNO2S. The summed E-state index contributed by atoms with van der Waals surface area (Å²) >= 11 is 7.66. The molecule has 1 aliphatic rings. The van der Waals surface area contributed by atoms with Crippen molar-refractivity contribution in [1.29, 1.82) is 0 Å². The first-order chi connectivity index (χ1) is 8.99. The molecule has 0 atom stereocenters. The molecule has 1 N–H and O–H groups in total. The van der Waals surface area contributed by atoms with Gasteiger partial charge in [-0.3, -0.25) is 4.79 Å². The lowest BCUT2D eigenvalue weighted by Gasteiger charge is -2.46. The normalized spacial score (nSPS) is 17.2. The highest BCUT2D eigenvalue weighted by atomic mass is 35.5. The molecule has 0 radical (unpaired) electrons. The molecule has 1 fully saturated rings. The van der Waals surface area contributed by atoms with Crippen LogP contribution in [0.15, 0.2) is 23.1 Å². The van der Waals surface area contributed by atoms with Crippen LogP contribution >= 0.6 is 23.4 Å². The molecule has 5 heteroatoms. The van der Waals surface area contributed by atoms with Gasteiger partial charge < -0.3 is 10.0 Å². The van der Waals surface area contributed by atoms with E-state index < -0.39 is 5.60 Å². The zero-order valence-corrected chi connectivity index (χ0v) is 12.7. The molecule has 0 bridgehead atoms. The molecule has 3 nitrogen and oxygen atoms in total. The molecule has 1 amide bonds. The predicted molar refractivity (Wildman–Crippen MR) is 79.0 cm³/mol. The van der Waals surface area contributed by atoms with Gasteiger partial charge in [0.1, 0.15) is 0 Å². The van der Waals surface area contributed by atoms with E-state index in [1.165, 1.54) is 0 Å². The largest absolute Gasteiger partial charge is 0.386 e. The molecule has 104 valence electrons. The quantitative estimate of drug-likeness (QED) is 0.869. The lowest BCUT2D eigenvalue weighted by Crippen LogP contribution is -2.63. The van der Waals surface area contributed by atoms with E-state index in [0.717, 1.165) is 17.7 Å². The minimum atomic E-state index is -0.700. The number of β-amino-alcohol motifs (C(OH)–C–C–N with tert-alkyl or cyclic N) is 1. The van der Waals surface area contributed by atoms with E-state index in [1.54, 1.807) is 22.7 Å². The van der Waals surface area contributed by atoms with Crippen molar-refractivity contribution in [2.24, 2.45) is 0 Å². The van der Waals surface area contributed by atoms with Gasteiger partial charge in [0.05, 0.1) is 29.3 Å². The zero-order chi connectivity index (χ0) is 14.0. The number of thioether (sulfide) groups is 1. The Morgan fingerprint density at radius 2 is 2.21 bits per heavy atom. The number of rotatable bonds is 4. The van der Waals surface area contributed by atoms with Crippen LogP contribution < -0.4 is 0 Å². The lowest BCUT2D eigenvalue weighted by atomic mass is 9.89. The zero-order valence-electron chi connectivity index (χ0n) is 11.1. The Kier molecular flexibility index (Phi) is 4.43. The molecular weight excluding hydrogens is 282 g/mol. The van der Waals surface area contributed by atoms with Crippen LogP contribution in [0.3, 0.4) is 0 Å². The number of nitrogens with zero attached hydrogens (tertiary/aromatic N) is 1. The molecule has 0 aromatic heterocycles. The van der Waals surface area contributed by atoms with E-state index in [4.69, 9.17) is 11.6 Å². The van der Waals surface area contributed by atoms with Gasteiger partial charge in [0.15, 0.2) is 0 Å². The van der Waals surface area contributed by atoms with Crippen molar-refractivity contribution < 1.29 is 9.90 Å². The van der Waals surface area contributed by atoms with E-state index >= 15 is 0 Å². The van der Waals surface area contributed by atoms with Crippen molar-refractivity contribution in [3.63, 3.8) is 0 Å². The second kappa shape index (κ2) is 5.73. The summed E-state index contributed by atoms with van der Waals surface area (Å²) in [7, 11) is 0. The number of likely N-dealkylation sites (tertiary alicyclic amines) is 1. The van der Waals surface area contributed by atoms with E-state index in [0.29, 0.717) is 23.7 Å². The first-order valence-electron chi connectivity index (χ1n) is 6.34. The van der Waals surface area contributed by atoms with Gasteiger partial charge in [-0.15, -0.1) is 11.8 Å². The first-order valence-corrected chi connectivity index (χ1v) is 7.94. The monoisotopic (exact) mass is 299 g/mol. The van der Waals surface area contributed by atoms with Gasteiger partial charge in [-0.2, -0.15) is 0 Å². The number of hydrogen-bond acceptors (Lipinski definition) is 3. The van der Waals surface area contributed by atoms with Crippen molar-refractivity contribution in [3.05, 3.63) is 28.8 Å². The van der Waals surface area contributed by atoms with Crippen LogP contribution in [-0.2, 0) is 0 Å². The fourth-order valence-electron chi connectivity index (χ4n) is 2.40. The van der Waals surface area contributed by atoms with Crippen LogP contribution in [0.5, 0.6) is 0 Å². The van der Waals surface area contributed by atoms with E-state index in [9.17, 15) is 9.90 Å². The summed E-state index contributed by atoms with van der Waals surface area (Å²) in [5, 5.41) is 10.6. The summed E-state index contributed by atoms with van der Waals surface area (Å²) in [4.78, 5) is 15.0. The van der Waals surface area contributed by atoms with E-state index in [1.807, 2.05) is 25.3 Å². The minimum Gasteiger partial charge on any atom is -0.386 e. The van der Waals surface area contributed by atoms with E-state index in [2.05, 4.69) is 0 Å². The number of carbonyl (C=O) groups excluding carboxylic acids is 1. The van der Waals surface area contributed by atoms with E-state index in [-0.39, 0.29) is 5.91 Å². The van der Waals surface area contributed by atoms with Crippen LogP contribution in [0.4, 0.5) is 0 Å². The van der Waals surface area contributed by atoms with Crippen LogP contribution in [0.25, 0.3) is 0 Å². The third kappa shape index (κ3) is 3.07.